The third kappa shape index (κ3) is 2.38. The lowest BCUT2D eigenvalue weighted by Crippen LogP contribution is -2.22. The molecule has 7 heteroatoms. The average Bonchev–Trinajstić information content (AvgIpc) is 2.88. The summed E-state index contributed by atoms with van der Waals surface area (Å²) in [6.07, 6.45) is 1.27. The molecule has 0 radical (unpaired) electrons. The Morgan fingerprint density at radius 3 is 2.48 bits per heavy atom. The van der Waals surface area contributed by atoms with E-state index in [4.69, 9.17) is 5.26 Å². The third-order valence-corrected chi connectivity index (χ3v) is 3.55. The van der Waals surface area contributed by atoms with Crippen LogP contribution in [0.4, 0.5) is 8.78 Å². The highest BCUT2D eigenvalue weighted by molar-refractivity contribution is 5.68. The van der Waals surface area contributed by atoms with Gasteiger partial charge in [-0.15, -0.1) is 0 Å². The molecule has 0 aliphatic heterocycles. The first-order chi connectivity index (χ1) is 10.9. The second-order valence-electron chi connectivity index (χ2n) is 5.46. The number of rotatable bonds is 2. The summed E-state index contributed by atoms with van der Waals surface area (Å²) in [4.78, 5) is 15.6. The minimum atomic E-state index is -0.746. The first-order valence-corrected chi connectivity index (χ1v) is 6.93. The largest absolute Gasteiger partial charge is 0.338 e. The van der Waals surface area contributed by atoms with Gasteiger partial charge in [-0.3, -0.25) is 4.79 Å². The second kappa shape index (κ2) is 5.32. The quantitative estimate of drug-likeness (QED) is 0.790. The van der Waals surface area contributed by atoms with E-state index in [9.17, 15) is 13.6 Å². The van der Waals surface area contributed by atoms with Crippen LogP contribution in [0.5, 0.6) is 0 Å². The Morgan fingerprint density at radius 1 is 1.26 bits per heavy atom. The van der Waals surface area contributed by atoms with Gasteiger partial charge in [0.15, 0.2) is 5.65 Å². The lowest BCUT2D eigenvalue weighted by molar-refractivity contribution is 0.584. The van der Waals surface area contributed by atoms with Gasteiger partial charge in [0, 0.05) is 17.2 Å². The maximum absolute atomic E-state index is 13.5. The molecule has 0 bridgehead atoms. The number of halogens is 2. The molecule has 2 aromatic heterocycles. The first-order valence-electron chi connectivity index (χ1n) is 6.93. The summed E-state index contributed by atoms with van der Waals surface area (Å²) in [6.45, 7) is 3.59. The molecule has 0 fully saturated rings. The van der Waals surface area contributed by atoms with Crippen LogP contribution in [0.25, 0.3) is 16.9 Å². The van der Waals surface area contributed by atoms with E-state index in [2.05, 4.69) is 10.1 Å². The van der Waals surface area contributed by atoms with Crippen molar-refractivity contribution >= 4 is 5.65 Å². The van der Waals surface area contributed by atoms with Crippen molar-refractivity contribution in [3.63, 3.8) is 0 Å². The number of fused-ring (bicyclic) bond motifs is 1. The molecule has 0 atom stereocenters. The van der Waals surface area contributed by atoms with E-state index in [0.29, 0.717) is 5.56 Å². The van der Waals surface area contributed by atoms with Gasteiger partial charge in [0.2, 0.25) is 0 Å². The van der Waals surface area contributed by atoms with Crippen molar-refractivity contribution in [3.05, 3.63) is 57.5 Å². The smallest absolute Gasteiger partial charge is 0.278 e. The standard InChI is InChI=1S/C16H12F2N4O/c1-8(2)13-14(9-3-11(17)5-12(18)4-9)21-15-10(6-19)7-20-22(15)16(13)23/h3-5,7-8,21H,1-2H3. The van der Waals surface area contributed by atoms with Crippen molar-refractivity contribution in [1.82, 2.24) is 14.6 Å². The molecule has 0 unspecified atom stereocenters. The van der Waals surface area contributed by atoms with Crippen molar-refractivity contribution in [2.45, 2.75) is 19.8 Å². The van der Waals surface area contributed by atoms with Crippen molar-refractivity contribution in [2.24, 2.45) is 0 Å². The molecule has 3 aromatic rings. The van der Waals surface area contributed by atoms with E-state index >= 15 is 0 Å². The molecule has 116 valence electrons. The van der Waals surface area contributed by atoms with Gasteiger partial charge in [0.25, 0.3) is 5.56 Å². The topological polar surface area (TPSA) is 73.9 Å². The number of hydrogen-bond acceptors (Lipinski definition) is 3. The molecule has 0 aliphatic carbocycles. The fourth-order valence-electron chi connectivity index (χ4n) is 2.57. The molecule has 1 aromatic carbocycles. The van der Waals surface area contributed by atoms with E-state index < -0.39 is 17.2 Å². The average molecular weight is 314 g/mol. The molecular formula is C16H12F2N4O. The number of nitrogens with zero attached hydrogens (tertiary/aromatic N) is 3. The number of aromatic amines is 1. The van der Waals surface area contributed by atoms with Crippen molar-refractivity contribution in [3.8, 4) is 17.3 Å². The van der Waals surface area contributed by atoms with Gasteiger partial charge in [-0.1, -0.05) is 13.8 Å². The highest BCUT2D eigenvalue weighted by Gasteiger charge is 2.19. The highest BCUT2D eigenvalue weighted by atomic mass is 19.1. The predicted molar refractivity (Wildman–Crippen MR) is 80.0 cm³/mol. The number of nitrogens with one attached hydrogen (secondary N) is 1. The molecule has 0 amide bonds. The molecule has 0 saturated heterocycles. The highest BCUT2D eigenvalue weighted by Crippen LogP contribution is 2.27. The first kappa shape index (κ1) is 14.9. The Hall–Kier alpha value is -3.01. The zero-order chi connectivity index (χ0) is 16.7. The summed E-state index contributed by atoms with van der Waals surface area (Å²) in [5.74, 6) is -1.70. The Labute approximate surface area is 129 Å². The zero-order valence-corrected chi connectivity index (χ0v) is 12.4. The fourth-order valence-corrected chi connectivity index (χ4v) is 2.57. The molecule has 1 N–H and O–H groups in total. The van der Waals surface area contributed by atoms with Gasteiger partial charge < -0.3 is 4.98 Å². The third-order valence-electron chi connectivity index (χ3n) is 3.55. The van der Waals surface area contributed by atoms with Gasteiger partial charge in [-0.05, 0) is 18.1 Å². The van der Waals surface area contributed by atoms with Gasteiger partial charge in [0.1, 0.15) is 23.3 Å². The monoisotopic (exact) mass is 314 g/mol. The number of H-pyrrole nitrogens is 1. The van der Waals surface area contributed by atoms with Crippen LogP contribution in [-0.4, -0.2) is 14.6 Å². The summed E-state index contributed by atoms with van der Waals surface area (Å²) in [6, 6.07) is 4.96. The van der Waals surface area contributed by atoms with Gasteiger partial charge >= 0.3 is 0 Å². The molecule has 5 nitrogen and oxygen atoms in total. The van der Waals surface area contributed by atoms with Crippen LogP contribution < -0.4 is 5.56 Å². The summed E-state index contributed by atoms with van der Waals surface area (Å²) in [5.41, 5.74) is 0.783. The maximum atomic E-state index is 13.5. The molecular weight excluding hydrogens is 302 g/mol. The normalized spacial score (nSPS) is 11.1. The molecule has 0 aliphatic rings. The molecule has 2 heterocycles. The zero-order valence-electron chi connectivity index (χ0n) is 12.4. The van der Waals surface area contributed by atoms with Crippen LogP contribution >= 0.6 is 0 Å². The number of nitriles is 1. The minimum absolute atomic E-state index is 0.176. The van der Waals surface area contributed by atoms with E-state index in [1.807, 2.05) is 6.07 Å². The summed E-state index contributed by atoms with van der Waals surface area (Å²) >= 11 is 0. The van der Waals surface area contributed by atoms with E-state index in [1.165, 1.54) is 6.20 Å². The Balaban J connectivity index is 2.45. The summed E-state index contributed by atoms with van der Waals surface area (Å²) in [7, 11) is 0. The van der Waals surface area contributed by atoms with Gasteiger partial charge in [-0.25, -0.2) is 8.78 Å². The lowest BCUT2D eigenvalue weighted by atomic mass is 9.98. The fraction of sp³-hybridized carbons (Fsp3) is 0.188. The van der Waals surface area contributed by atoms with E-state index in [-0.39, 0.29) is 28.4 Å². The van der Waals surface area contributed by atoms with Crippen molar-refractivity contribution < 1.29 is 8.78 Å². The summed E-state index contributed by atoms with van der Waals surface area (Å²) < 4.78 is 28.2. The van der Waals surface area contributed by atoms with Crippen LogP contribution in [0, 0.1) is 23.0 Å². The van der Waals surface area contributed by atoms with E-state index in [1.54, 1.807) is 13.8 Å². The van der Waals surface area contributed by atoms with Crippen molar-refractivity contribution in [1.29, 1.82) is 5.26 Å². The number of aromatic nitrogens is 3. The lowest BCUT2D eigenvalue weighted by Gasteiger charge is -2.13. The van der Waals surface area contributed by atoms with Gasteiger partial charge in [0.05, 0.1) is 11.9 Å². The van der Waals surface area contributed by atoms with Gasteiger partial charge in [-0.2, -0.15) is 14.9 Å². The summed E-state index contributed by atoms with van der Waals surface area (Å²) in [5, 5.41) is 13.0. The molecule has 0 saturated carbocycles. The van der Waals surface area contributed by atoms with Crippen LogP contribution in [0.15, 0.2) is 29.2 Å². The Kier molecular flexibility index (Phi) is 3.45. The molecule has 0 spiro atoms. The van der Waals surface area contributed by atoms with Crippen molar-refractivity contribution in [2.75, 3.05) is 0 Å². The van der Waals surface area contributed by atoms with Crippen LogP contribution in [-0.2, 0) is 0 Å². The Morgan fingerprint density at radius 2 is 1.91 bits per heavy atom. The maximum Gasteiger partial charge on any atom is 0.278 e. The second-order valence-corrected chi connectivity index (χ2v) is 5.46. The minimum Gasteiger partial charge on any atom is -0.338 e. The molecule has 23 heavy (non-hydrogen) atoms. The van der Waals surface area contributed by atoms with Crippen LogP contribution in [0.2, 0.25) is 0 Å². The Bertz CT molecular complexity index is 991. The predicted octanol–water partition coefficient (Wildman–Crippen LogP) is 2.96. The SMILES string of the molecule is CC(C)c1c(-c2cc(F)cc(F)c2)[nH]c2c(C#N)cnn2c1=O. The number of benzene rings is 1. The number of hydrogen-bond donors (Lipinski definition) is 1. The van der Waals surface area contributed by atoms with E-state index in [0.717, 1.165) is 22.7 Å². The molecule has 3 rings (SSSR count). The van der Waals surface area contributed by atoms with Crippen LogP contribution in [0.3, 0.4) is 0 Å². The van der Waals surface area contributed by atoms with Crippen LogP contribution in [0.1, 0.15) is 30.9 Å².